The predicted molar refractivity (Wildman–Crippen MR) is 222 cm³/mol. The van der Waals surface area contributed by atoms with Crippen molar-refractivity contribution in [1.82, 2.24) is 4.57 Å². The molecule has 7 aromatic carbocycles. The summed E-state index contributed by atoms with van der Waals surface area (Å²) >= 11 is 1.86. The number of benzene rings is 7. The molecule has 242 valence electrons. The Labute approximate surface area is 301 Å². The van der Waals surface area contributed by atoms with E-state index in [0.717, 1.165) is 33.6 Å². The van der Waals surface area contributed by atoms with Crippen molar-refractivity contribution in [3.8, 4) is 16.8 Å². The van der Waals surface area contributed by atoms with Crippen LogP contribution in [0.3, 0.4) is 0 Å². The fourth-order valence-corrected chi connectivity index (χ4v) is 8.19. The normalized spacial score (nSPS) is 12.0. The Kier molecular flexibility index (Phi) is 7.88. The molecule has 0 fully saturated rings. The maximum absolute atomic E-state index is 4.47. The number of aromatic nitrogens is 1. The van der Waals surface area contributed by atoms with E-state index >= 15 is 0 Å². The molecule has 0 radical (unpaired) electrons. The fourth-order valence-electron chi connectivity index (χ4n) is 7.06. The van der Waals surface area contributed by atoms with Crippen LogP contribution in [0.5, 0.6) is 0 Å². The monoisotopic (exact) mass is 670 g/mol. The van der Waals surface area contributed by atoms with E-state index in [1.807, 2.05) is 41.8 Å². The van der Waals surface area contributed by atoms with E-state index in [2.05, 4.69) is 174 Å². The summed E-state index contributed by atoms with van der Waals surface area (Å²) in [5.74, 6) is 0. The van der Waals surface area contributed by atoms with Crippen LogP contribution in [0.25, 0.3) is 69.9 Å². The van der Waals surface area contributed by atoms with Crippen LogP contribution in [-0.2, 0) is 0 Å². The maximum atomic E-state index is 4.47. The van der Waals surface area contributed by atoms with Crippen LogP contribution in [0.4, 0.5) is 5.69 Å². The Morgan fingerprint density at radius 2 is 1.24 bits per heavy atom. The van der Waals surface area contributed by atoms with Gasteiger partial charge in [0.2, 0.25) is 0 Å². The third kappa shape index (κ3) is 5.84. The largest absolute Gasteiger partial charge is 0.362 e. The zero-order chi connectivity index (χ0) is 34.1. The van der Waals surface area contributed by atoms with Gasteiger partial charge in [0.05, 0.1) is 11.0 Å². The molecule has 0 saturated heterocycles. The predicted octanol–water partition coefficient (Wildman–Crippen LogP) is 13.5. The van der Waals surface area contributed by atoms with Crippen molar-refractivity contribution < 1.29 is 0 Å². The SMILES string of the molecule is C=C(/C=C(\C=C/Nc1ccccc1)c1ccc2c(c1)c1cc3sc4ccccc4c3cc1n2-c1cccc(-c2ccccc2)c1)c1ccccc1. The second-order valence-corrected chi connectivity index (χ2v) is 13.9. The molecule has 0 saturated carbocycles. The number of fused-ring (bicyclic) bond motifs is 6. The summed E-state index contributed by atoms with van der Waals surface area (Å²) in [5.41, 5.74) is 11.2. The molecule has 2 aromatic heterocycles. The zero-order valence-electron chi connectivity index (χ0n) is 28.0. The first-order valence-electron chi connectivity index (χ1n) is 17.2. The lowest BCUT2D eigenvalue weighted by Gasteiger charge is -2.11. The van der Waals surface area contributed by atoms with Gasteiger partial charge in [-0.3, -0.25) is 0 Å². The van der Waals surface area contributed by atoms with E-state index in [-0.39, 0.29) is 0 Å². The molecular weight excluding hydrogens is 637 g/mol. The van der Waals surface area contributed by atoms with Gasteiger partial charge >= 0.3 is 0 Å². The van der Waals surface area contributed by atoms with Crippen molar-refractivity contribution >= 4 is 70.1 Å². The van der Waals surface area contributed by atoms with Gasteiger partial charge in [-0.15, -0.1) is 11.3 Å². The van der Waals surface area contributed by atoms with Gasteiger partial charge in [-0.2, -0.15) is 0 Å². The molecule has 9 aromatic rings. The number of rotatable bonds is 8. The lowest BCUT2D eigenvalue weighted by atomic mass is 9.98. The summed E-state index contributed by atoms with van der Waals surface area (Å²) in [5, 5.41) is 8.50. The Morgan fingerprint density at radius 1 is 0.529 bits per heavy atom. The Balaban J connectivity index is 1.25. The van der Waals surface area contributed by atoms with Gasteiger partial charge in [-0.25, -0.2) is 0 Å². The molecule has 2 nitrogen and oxygen atoms in total. The number of hydrogen-bond acceptors (Lipinski definition) is 2. The van der Waals surface area contributed by atoms with Gasteiger partial charge in [0.15, 0.2) is 0 Å². The van der Waals surface area contributed by atoms with E-state index in [1.54, 1.807) is 0 Å². The van der Waals surface area contributed by atoms with Crippen LogP contribution < -0.4 is 5.32 Å². The lowest BCUT2D eigenvalue weighted by molar-refractivity contribution is 1.18. The topological polar surface area (TPSA) is 17.0 Å². The zero-order valence-corrected chi connectivity index (χ0v) is 28.8. The highest BCUT2D eigenvalue weighted by Crippen LogP contribution is 2.41. The van der Waals surface area contributed by atoms with E-state index in [1.165, 1.54) is 53.1 Å². The molecule has 51 heavy (non-hydrogen) atoms. The molecule has 2 heterocycles. The van der Waals surface area contributed by atoms with Crippen LogP contribution >= 0.6 is 11.3 Å². The molecule has 0 amide bonds. The van der Waals surface area contributed by atoms with Crippen LogP contribution in [0.15, 0.2) is 195 Å². The number of allylic oxidation sites excluding steroid dienone is 4. The van der Waals surface area contributed by atoms with Gasteiger partial charge < -0.3 is 9.88 Å². The third-order valence-electron chi connectivity index (χ3n) is 9.57. The van der Waals surface area contributed by atoms with Crippen molar-refractivity contribution in [2.45, 2.75) is 0 Å². The van der Waals surface area contributed by atoms with Crippen molar-refractivity contribution in [1.29, 1.82) is 0 Å². The Hall–Kier alpha value is -6.42. The number of hydrogen-bond donors (Lipinski definition) is 1. The van der Waals surface area contributed by atoms with Crippen LogP contribution in [0.2, 0.25) is 0 Å². The smallest absolute Gasteiger partial charge is 0.0548 e. The first-order valence-corrected chi connectivity index (χ1v) is 18.0. The minimum absolute atomic E-state index is 0.960. The van der Waals surface area contributed by atoms with E-state index in [9.17, 15) is 0 Å². The third-order valence-corrected chi connectivity index (χ3v) is 10.7. The average molecular weight is 671 g/mol. The molecule has 9 rings (SSSR count). The van der Waals surface area contributed by atoms with Gasteiger partial charge in [-0.1, -0.05) is 122 Å². The fraction of sp³-hybridized carbons (Fsp3) is 0. The Morgan fingerprint density at radius 3 is 2.06 bits per heavy atom. The molecule has 3 heteroatoms. The lowest BCUT2D eigenvalue weighted by Crippen LogP contribution is -1.94. The Bertz CT molecular complexity index is 2770. The van der Waals surface area contributed by atoms with Gasteiger partial charge in [0, 0.05) is 48.5 Å². The molecule has 0 aliphatic carbocycles. The molecule has 0 bridgehead atoms. The van der Waals surface area contributed by atoms with Crippen molar-refractivity contribution in [2.75, 3.05) is 5.32 Å². The first kappa shape index (κ1) is 30.6. The van der Waals surface area contributed by atoms with Crippen LogP contribution in [-0.4, -0.2) is 4.57 Å². The van der Waals surface area contributed by atoms with E-state index in [4.69, 9.17) is 0 Å². The highest BCUT2D eigenvalue weighted by atomic mass is 32.1. The van der Waals surface area contributed by atoms with Gasteiger partial charge in [0.1, 0.15) is 0 Å². The molecule has 0 atom stereocenters. The van der Waals surface area contributed by atoms with Gasteiger partial charge in [-0.05, 0) is 100 Å². The number of para-hydroxylation sites is 1. The summed E-state index contributed by atoms with van der Waals surface area (Å²) in [6, 6.07) is 60.6. The molecular formula is C48H34N2S. The average Bonchev–Trinajstić information content (AvgIpc) is 3.72. The van der Waals surface area contributed by atoms with E-state index < -0.39 is 0 Å². The first-order chi connectivity index (χ1) is 25.2. The summed E-state index contributed by atoms with van der Waals surface area (Å²) in [7, 11) is 0. The summed E-state index contributed by atoms with van der Waals surface area (Å²) in [4.78, 5) is 0. The molecule has 0 aliphatic heterocycles. The van der Waals surface area contributed by atoms with Crippen molar-refractivity contribution in [3.63, 3.8) is 0 Å². The number of thiophene rings is 1. The molecule has 0 aliphatic rings. The standard InChI is InChI=1S/C48H34N2S/c1-33(34-14-5-2-6-15-34)28-38(26-27-49-39-19-9-4-10-20-39)37-24-25-45-42(30-37)43-32-48-44(41-22-11-12-23-47(41)51-48)31-46(43)50(45)40-21-13-18-36(29-40)35-16-7-3-8-17-35/h2-32,49H,1H2/b27-26-,38-28+. The number of nitrogens with one attached hydrogen (secondary N) is 1. The minimum atomic E-state index is 0.960. The molecule has 1 N–H and O–H groups in total. The quantitative estimate of drug-likeness (QED) is 0.159. The van der Waals surface area contributed by atoms with E-state index in [0.29, 0.717) is 0 Å². The van der Waals surface area contributed by atoms with Crippen molar-refractivity contribution in [3.05, 3.63) is 206 Å². The van der Waals surface area contributed by atoms with Crippen LogP contribution in [0.1, 0.15) is 11.1 Å². The summed E-state index contributed by atoms with van der Waals surface area (Å²) in [6.07, 6.45) is 6.35. The highest BCUT2D eigenvalue weighted by Gasteiger charge is 2.17. The summed E-state index contributed by atoms with van der Waals surface area (Å²) in [6.45, 7) is 4.47. The number of nitrogens with zero attached hydrogens (tertiary/aromatic N) is 1. The molecule has 0 unspecified atom stereocenters. The summed E-state index contributed by atoms with van der Waals surface area (Å²) < 4.78 is 5.04. The maximum Gasteiger partial charge on any atom is 0.0548 e. The van der Waals surface area contributed by atoms with Crippen LogP contribution in [0, 0.1) is 0 Å². The van der Waals surface area contributed by atoms with Crippen molar-refractivity contribution in [2.24, 2.45) is 0 Å². The highest BCUT2D eigenvalue weighted by molar-refractivity contribution is 7.25. The second kappa shape index (κ2) is 13.1. The minimum Gasteiger partial charge on any atom is -0.362 e. The second-order valence-electron chi connectivity index (χ2n) is 12.8. The van der Waals surface area contributed by atoms with Gasteiger partial charge in [0.25, 0.3) is 0 Å². The molecule has 0 spiro atoms. The number of anilines is 1.